The Bertz CT molecular complexity index is 752. The van der Waals surface area contributed by atoms with Crippen LogP contribution >= 0.6 is 7.37 Å². The fourth-order valence-corrected chi connectivity index (χ4v) is 6.20. The first-order valence-corrected chi connectivity index (χ1v) is 11.9. The Kier molecular flexibility index (Phi) is 13.9. The molecule has 30 heavy (non-hydrogen) atoms. The number of nitrogens with zero attached hydrogens (tertiary/aromatic N) is 2. The zero-order valence-corrected chi connectivity index (χ0v) is 25.1. The maximum Gasteiger partial charge on any atom is 1.00 e. The zero-order chi connectivity index (χ0) is 20.1. The number of fused-ring (bicyclic) bond motifs is 1. The third-order valence-corrected chi connectivity index (χ3v) is 8.04. The Labute approximate surface area is 263 Å². The second-order valence-electron chi connectivity index (χ2n) is 7.66. The minimum atomic E-state index is -3.97. The number of hydrogen-bond acceptors (Lipinski definition) is 6. The average molecular weight is 485 g/mol. The number of hydrogen-bond donors (Lipinski definition) is 0. The molecule has 0 aromatic heterocycles. The second-order valence-corrected chi connectivity index (χ2v) is 10.2. The molecule has 2 heterocycles. The number of carbonyl (C=O) groups is 2. The van der Waals surface area contributed by atoms with Gasteiger partial charge in [-0.15, -0.1) is 0 Å². The molecule has 3 atom stereocenters. The number of aryl methyl sites for hydroxylation is 1. The monoisotopic (exact) mass is 484 g/mol. The summed E-state index contributed by atoms with van der Waals surface area (Å²) < 4.78 is 12.9. The van der Waals surface area contributed by atoms with E-state index in [9.17, 15) is 24.2 Å². The number of unbranched alkanes of at least 4 members (excludes halogenated alkanes) is 1. The first kappa shape index (κ1) is 29.6. The number of carboxylic acid groups (broad SMARTS) is 1. The molecular formula is C20H27K2N2O5P. The third-order valence-electron chi connectivity index (χ3n) is 5.67. The van der Waals surface area contributed by atoms with Gasteiger partial charge < -0.3 is 19.4 Å². The first-order chi connectivity index (χ1) is 13.4. The van der Waals surface area contributed by atoms with Crippen molar-refractivity contribution in [3.8, 4) is 0 Å². The minimum Gasteiger partial charge on any atom is -0.799 e. The van der Waals surface area contributed by atoms with E-state index in [1.807, 2.05) is 30.3 Å². The summed E-state index contributed by atoms with van der Waals surface area (Å²) in [4.78, 5) is 37.4. The van der Waals surface area contributed by atoms with Crippen LogP contribution in [-0.2, 0) is 20.6 Å². The second kappa shape index (κ2) is 14.1. The van der Waals surface area contributed by atoms with Crippen molar-refractivity contribution in [3.63, 3.8) is 0 Å². The number of amides is 1. The number of carbonyl (C=O) groups excluding carboxylic acids is 2. The molecule has 0 spiro atoms. The van der Waals surface area contributed by atoms with Gasteiger partial charge in [-0.3, -0.25) is 9.80 Å². The SMILES string of the molecule is O=C([O-])[C@@H]1CCCN2CCC[C@H](P(=O)([O-])CCCCc3ccccc3)C(=O)N12.[K+].[K+]. The molecule has 0 aliphatic carbocycles. The van der Waals surface area contributed by atoms with Crippen molar-refractivity contribution in [2.75, 3.05) is 19.3 Å². The molecular weight excluding hydrogens is 457 g/mol. The maximum absolute atomic E-state index is 13.0. The Morgan fingerprint density at radius 1 is 1.07 bits per heavy atom. The van der Waals surface area contributed by atoms with Crippen LogP contribution in [0.15, 0.2) is 30.3 Å². The number of benzene rings is 1. The molecule has 2 saturated heterocycles. The summed E-state index contributed by atoms with van der Waals surface area (Å²) in [6.07, 6.45) is 3.76. The van der Waals surface area contributed by atoms with Gasteiger partial charge in [0, 0.05) is 20.5 Å². The fraction of sp³-hybridized carbons (Fsp3) is 0.600. The van der Waals surface area contributed by atoms with Gasteiger partial charge in [0.1, 0.15) is 0 Å². The summed E-state index contributed by atoms with van der Waals surface area (Å²) in [5, 5.41) is 14.4. The number of carboxylic acids is 1. The van der Waals surface area contributed by atoms with Gasteiger partial charge in [0.2, 0.25) is 5.91 Å². The van der Waals surface area contributed by atoms with Gasteiger partial charge >= 0.3 is 103 Å². The number of hydrazine groups is 1. The van der Waals surface area contributed by atoms with E-state index in [0.717, 1.165) is 18.4 Å². The van der Waals surface area contributed by atoms with Gasteiger partial charge in [0.15, 0.2) is 0 Å². The molecule has 1 amide bonds. The molecule has 7 nitrogen and oxygen atoms in total. The van der Waals surface area contributed by atoms with Crippen LogP contribution in [0.5, 0.6) is 0 Å². The molecule has 1 aromatic carbocycles. The van der Waals surface area contributed by atoms with E-state index < -0.39 is 30.9 Å². The standard InChI is InChI=1S/C20H29N2O5P.2K/c23-19-18(12-7-14-21-13-6-11-17(20(24)25)22(19)21)28(26,27)15-5-4-10-16-8-2-1-3-9-16;;/h1-3,8-9,17-18H,4-7,10-15H2,(H,24,25)(H,26,27);;/q;2*+1/p-2/t17-,18-;;/m0../s1. The normalized spacial score (nSPS) is 23.9. The van der Waals surface area contributed by atoms with E-state index in [1.165, 1.54) is 5.01 Å². The van der Waals surface area contributed by atoms with Crippen LogP contribution in [0.3, 0.4) is 0 Å². The predicted molar refractivity (Wildman–Crippen MR) is 101 cm³/mol. The molecule has 2 aliphatic rings. The molecule has 2 aliphatic heterocycles. The van der Waals surface area contributed by atoms with Gasteiger partial charge in [-0.25, -0.2) is 5.01 Å². The van der Waals surface area contributed by atoms with Crippen LogP contribution in [0, 0.1) is 0 Å². The summed E-state index contributed by atoms with van der Waals surface area (Å²) in [6.45, 7) is 1.07. The fourth-order valence-electron chi connectivity index (χ4n) is 4.19. The van der Waals surface area contributed by atoms with E-state index in [2.05, 4.69) is 0 Å². The van der Waals surface area contributed by atoms with Gasteiger partial charge in [0.05, 0.1) is 17.7 Å². The van der Waals surface area contributed by atoms with Gasteiger partial charge in [0.25, 0.3) is 0 Å². The quantitative estimate of drug-likeness (QED) is 0.218. The van der Waals surface area contributed by atoms with Crippen molar-refractivity contribution in [2.24, 2.45) is 0 Å². The molecule has 0 saturated carbocycles. The van der Waals surface area contributed by atoms with E-state index in [0.29, 0.717) is 38.8 Å². The molecule has 0 bridgehead atoms. The molecule has 0 radical (unpaired) electrons. The smallest absolute Gasteiger partial charge is 0.799 e. The zero-order valence-electron chi connectivity index (χ0n) is 18.0. The molecule has 1 unspecified atom stereocenters. The van der Waals surface area contributed by atoms with E-state index in [4.69, 9.17) is 0 Å². The molecule has 2 fully saturated rings. The molecule has 1 aromatic rings. The van der Waals surface area contributed by atoms with Crippen LogP contribution < -0.4 is 113 Å². The van der Waals surface area contributed by atoms with Crippen LogP contribution in [0.25, 0.3) is 0 Å². The summed E-state index contributed by atoms with van der Waals surface area (Å²) in [5.41, 5.74) is 0.0312. The molecule has 154 valence electrons. The number of rotatable bonds is 7. The van der Waals surface area contributed by atoms with Crippen LogP contribution in [0.2, 0.25) is 0 Å². The average Bonchev–Trinajstić information content (AvgIpc) is 2.85. The van der Waals surface area contributed by atoms with Crippen LogP contribution in [-0.4, -0.2) is 52.8 Å². The van der Waals surface area contributed by atoms with E-state index >= 15 is 0 Å². The predicted octanol–water partition coefficient (Wildman–Crippen LogP) is -5.22. The Morgan fingerprint density at radius 3 is 2.33 bits per heavy atom. The molecule has 3 rings (SSSR count). The Balaban J connectivity index is 0.00000225. The third kappa shape index (κ3) is 7.82. The van der Waals surface area contributed by atoms with Crippen molar-refractivity contribution in [2.45, 2.75) is 56.6 Å². The van der Waals surface area contributed by atoms with E-state index in [1.54, 1.807) is 5.01 Å². The van der Waals surface area contributed by atoms with E-state index in [-0.39, 0.29) is 115 Å². The summed E-state index contributed by atoms with van der Waals surface area (Å²) >= 11 is 0. The summed E-state index contributed by atoms with van der Waals surface area (Å²) in [7, 11) is -3.97. The number of aliphatic carboxylic acids is 1. The largest absolute Gasteiger partial charge is 1.00 e. The van der Waals surface area contributed by atoms with Crippen molar-refractivity contribution in [1.29, 1.82) is 0 Å². The van der Waals surface area contributed by atoms with Crippen molar-refractivity contribution in [1.82, 2.24) is 10.0 Å². The summed E-state index contributed by atoms with van der Waals surface area (Å²) in [5.74, 6) is -1.91. The Hall–Kier alpha value is 1.58. The van der Waals surface area contributed by atoms with Crippen molar-refractivity contribution >= 4 is 19.2 Å². The Morgan fingerprint density at radius 2 is 1.70 bits per heavy atom. The van der Waals surface area contributed by atoms with Gasteiger partial charge in [-0.1, -0.05) is 30.3 Å². The van der Waals surface area contributed by atoms with Gasteiger partial charge in [-0.2, -0.15) is 0 Å². The van der Waals surface area contributed by atoms with Crippen LogP contribution in [0.1, 0.15) is 44.1 Å². The molecule has 0 N–H and O–H groups in total. The van der Waals surface area contributed by atoms with Crippen molar-refractivity contribution < 1.29 is 127 Å². The summed E-state index contributed by atoms with van der Waals surface area (Å²) in [6, 6.07) is 8.80. The maximum atomic E-state index is 13.0. The van der Waals surface area contributed by atoms with Crippen molar-refractivity contribution in [3.05, 3.63) is 35.9 Å². The molecule has 10 heteroatoms. The topological polar surface area (TPSA) is 104 Å². The minimum absolute atomic E-state index is 0. The first-order valence-electron chi connectivity index (χ1n) is 10.0. The van der Waals surface area contributed by atoms with Gasteiger partial charge in [-0.05, 0) is 56.7 Å². The van der Waals surface area contributed by atoms with Crippen LogP contribution in [0.4, 0.5) is 0 Å².